The summed E-state index contributed by atoms with van der Waals surface area (Å²) >= 11 is 0. The van der Waals surface area contributed by atoms with Crippen LogP contribution in [0, 0.1) is 5.92 Å². The second-order valence-corrected chi connectivity index (χ2v) is 17.7. The molecule has 1 aliphatic heterocycles. The fraction of sp³-hybridized carbons (Fsp3) is 0.111. The van der Waals surface area contributed by atoms with E-state index >= 15 is 0 Å². The molecule has 3 nitrogen and oxygen atoms in total. The molecule has 0 spiro atoms. The zero-order valence-corrected chi connectivity index (χ0v) is 38.0. The molecule has 2 atom stereocenters. The third-order valence-electron chi connectivity index (χ3n) is 13.1. The van der Waals surface area contributed by atoms with E-state index in [0.29, 0.717) is 5.92 Å². The lowest BCUT2D eigenvalue weighted by Gasteiger charge is -2.33. The Morgan fingerprint density at radius 2 is 1.27 bits per heavy atom. The van der Waals surface area contributed by atoms with Crippen molar-refractivity contribution in [2.24, 2.45) is 15.9 Å². The van der Waals surface area contributed by atoms with E-state index in [0.717, 1.165) is 74.8 Å². The van der Waals surface area contributed by atoms with Crippen LogP contribution in [0.3, 0.4) is 0 Å². The minimum Gasteiger partial charge on any atom is -0.349 e. The fourth-order valence-electron chi connectivity index (χ4n) is 9.55. The maximum atomic E-state index is 5.28. The van der Waals surface area contributed by atoms with Gasteiger partial charge in [0.1, 0.15) is 5.84 Å². The lowest BCUT2D eigenvalue weighted by atomic mass is 9.88. The van der Waals surface area contributed by atoms with Crippen molar-refractivity contribution in [1.82, 2.24) is 4.90 Å². The molecule has 2 aliphatic carbocycles. The molecule has 3 heteroatoms. The Bertz CT molecular complexity index is 3160. The highest BCUT2D eigenvalue weighted by Gasteiger charge is 2.28. The Morgan fingerprint density at radius 3 is 1.97 bits per heavy atom. The molecule has 0 radical (unpaired) electrons. The van der Waals surface area contributed by atoms with E-state index in [9.17, 15) is 0 Å². The quantitative estimate of drug-likeness (QED) is 0.0941. The predicted octanol–water partition coefficient (Wildman–Crippen LogP) is 15.7. The Labute approximate surface area is 390 Å². The number of hydrogen-bond acceptors (Lipinski definition) is 3. The Kier molecular flexibility index (Phi) is 11.7. The first-order valence-corrected chi connectivity index (χ1v) is 23.0. The van der Waals surface area contributed by atoms with Crippen LogP contribution in [0.5, 0.6) is 0 Å². The molecular weight excluding hydrogens is 799 g/mol. The molecule has 0 saturated carbocycles. The summed E-state index contributed by atoms with van der Waals surface area (Å²) in [4.78, 5) is 12.7. The van der Waals surface area contributed by atoms with Gasteiger partial charge in [-0.2, -0.15) is 0 Å². The first-order chi connectivity index (χ1) is 32.3. The molecule has 3 aliphatic rings. The molecule has 1 heterocycles. The van der Waals surface area contributed by atoms with E-state index in [4.69, 9.17) is 9.98 Å². The molecule has 1 unspecified atom stereocenters. The highest BCUT2D eigenvalue weighted by atomic mass is 15.2. The summed E-state index contributed by atoms with van der Waals surface area (Å²) in [5, 5.41) is 0. The second-order valence-electron chi connectivity index (χ2n) is 17.7. The van der Waals surface area contributed by atoms with Gasteiger partial charge in [-0.3, -0.25) is 0 Å². The summed E-state index contributed by atoms with van der Waals surface area (Å²) in [6, 6.07) is 63.0. The monoisotopic (exact) mass is 851 g/mol. The molecule has 10 rings (SSSR count). The Morgan fingerprint density at radius 1 is 0.652 bits per heavy atom. The van der Waals surface area contributed by atoms with Gasteiger partial charge in [-0.1, -0.05) is 220 Å². The smallest absolute Gasteiger partial charge is 0.137 e. The Hall–Kier alpha value is -7.88. The summed E-state index contributed by atoms with van der Waals surface area (Å²) in [5.74, 6) is 1.45. The third kappa shape index (κ3) is 8.44. The predicted molar refractivity (Wildman–Crippen MR) is 280 cm³/mol. The number of allylic oxidation sites excluding steroid dienone is 7. The van der Waals surface area contributed by atoms with E-state index < -0.39 is 0 Å². The van der Waals surface area contributed by atoms with E-state index in [-0.39, 0.29) is 6.04 Å². The standard InChI is InChI=1S/C63H53N3/c1-42(2)57(40-59(50-27-25-43(3)26-28-50)64-44(4)45-17-9-6-10-18-45)48-31-29-47(30-32-48)56-38-37-54(58-39-53-23-15-16-24-55(53)62(56)58)46-33-35-52(36-34-46)63-65-60(49-19-11-7-12-20-49)41-61(66(63)5)51-21-13-8-14-22-51/h6-25,27-38,40-41,43,61H,1,4,26,39H2,2-3,5H3/b57-40+,64-59+/t43-,61?/m0/s1. The zero-order valence-electron chi connectivity index (χ0n) is 38.0. The molecule has 0 N–H and O–H groups in total. The van der Waals surface area contributed by atoms with Gasteiger partial charge in [0.2, 0.25) is 0 Å². The number of amidine groups is 1. The normalized spacial score (nSPS) is 16.8. The van der Waals surface area contributed by atoms with Gasteiger partial charge in [0.25, 0.3) is 0 Å². The summed E-state index contributed by atoms with van der Waals surface area (Å²) in [5.41, 5.74) is 21.5. The van der Waals surface area contributed by atoms with Crippen molar-refractivity contribution < 1.29 is 0 Å². The van der Waals surface area contributed by atoms with Crippen LogP contribution in [-0.4, -0.2) is 23.5 Å². The van der Waals surface area contributed by atoms with Crippen LogP contribution < -0.4 is 0 Å². The second kappa shape index (κ2) is 18.3. The van der Waals surface area contributed by atoms with Crippen LogP contribution in [0.25, 0.3) is 50.3 Å². The van der Waals surface area contributed by atoms with E-state index in [1.807, 2.05) is 18.2 Å². The topological polar surface area (TPSA) is 28.0 Å². The minimum absolute atomic E-state index is 0.0534. The molecule has 66 heavy (non-hydrogen) atoms. The van der Waals surface area contributed by atoms with Gasteiger partial charge in [-0.15, -0.1) is 0 Å². The first kappa shape index (κ1) is 42.1. The fourth-order valence-corrected chi connectivity index (χ4v) is 9.55. The van der Waals surface area contributed by atoms with Gasteiger partial charge in [-0.05, 0) is 116 Å². The number of benzene rings is 7. The highest BCUT2D eigenvalue weighted by Crippen LogP contribution is 2.47. The van der Waals surface area contributed by atoms with Gasteiger partial charge in [-0.25, -0.2) is 9.98 Å². The summed E-state index contributed by atoms with van der Waals surface area (Å²) in [7, 11) is 2.15. The molecular formula is C63H53N3. The van der Waals surface area contributed by atoms with Crippen LogP contribution in [0.15, 0.2) is 241 Å². The molecule has 0 fully saturated rings. The van der Waals surface area contributed by atoms with Crippen LogP contribution in [0.2, 0.25) is 0 Å². The van der Waals surface area contributed by atoms with E-state index in [2.05, 4.69) is 227 Å². The van der Waals surface area contributed by atoms with Crippen LogP contribution >= 0.6 is 0 Å². The van der Waals surface area contributed by atoms with Crippen LogP contribution in [0.1, 0.15) is 65.3 Å². The van der Waals surface area contributed by atoms with Gasteiger partial charge in [0.15, 0.2) is 0 Å². The number of aliphatic imine (C=N–C) groups is 2. The maximum absolute atomic E-state index is 5.28. The Balaban J connectivity index is 0.991. The molecule has 0 aromatic heterocycles. The lowest BCUT2D eigenvalue weighted by Crippen LogP contribution is -2.33. The first-order valence-electron chi connectivity index (χ1n) is 23.0. The van der Waals surface area contributed by atoms with E-state index in [1.165, 1.54) is 50.1 Å². The lowest BCUT2D eigenvalue weighted by molar-refractivity contribution is 0.435. The van der Waals surface area contributed by atoms with Crippen molar-refractivity contribution >= 4 is 28.5 Å². The number of rotatable bonds is 11. The van der Waals surface area contributed by atoms with Gasteiger partial charge in [0.05, 0.1) is 23.1 Å². The number of fused-ring (bicyclic) bond motifs is 3. The SMILES string of the molecule is C=C(C)/C(=C\C(=N/C(=C)c1ccccc1)C1=CC[C@@H](C)C=C1)c1ccc(-c2ccc(-c3ccc(C4=NC(c5ccccc5)=CC(c5ccccc5)N4C)cc3)c3c2-c2ccccc2C3)cc1. The van der Waals surface area contributed by atoms with Crippen LogP contribution in [0.4, 0.5) is 0 Å². The summed E-state index contributed by atoms with van der Waals surface area (Å²) in [6.07, 6.45) is 13.1. The van der Waals surface area contributed by atoms with Crippen molar-refractivity contribution in [3.63, 3.8) is 0 Å². The van der Waals surface area contributed by atoms with Gasteiger partial charge < -0.3 is 4.90 Å². The number of likely N-dealkylation sites (N-methyl/N-ethyl adjacent to an activating group) is 1. The molecule has 0 saturated heterocycles. The molecule has 7 aromatic rings. The molecule has 7 aromatic carbocycles. The van der Waals surface area contributed by atoms with Crippen LogP contribution in [-0.2, 0) is 6.42 Å². The average Bonchev–Trinajstić information content (AvgIpc) is 3.76. The van der Waals surface area contributed by atoms with Crippen molar-refractivity contribution in [2.75, 3.05) is 7.05 Å². The largest absolute Gasteiger partial charge is 0.349 e. The maximum Gasteiger partial charge on any atom is 0.137 e. The zero-order chi connectivity index (χ0) is 45.1. The van der Waals surface area contributed by atoms with Gasteiger partial charge in [0, 0.05) is 12.6 Å². The average molecular weight is 852 g/mol. The van der Waals surface area contributed by atoms with Crippen molar-refractivity contribution in [3.05, 3.63) is 270 Å². The van der Waals surface area contributed by atoms with Gasteiger partial charge >= 0.3 is 0 Å². The molecule has 0 bridgehead atoms. The summed E-state index contributed by atoms with van der Waals surface area (Å²) in [6.45, 7) is 13.1. The third-order valence-corrected chi connectivity index (χ3v) is 13.1. The van der Waals surface area contributed by atoms with E-state index in [1.54, 1.807) is 0 Å². The highest BCUT2D eigenvalue weighted by molar-refractivity contribution is 6.16. The number of hydrogen-bond donors (Lipinski definition) is 0. The molecule has 320 valence electrons. The number of nitrogens with zero attached hydrogens (tertiary/aromatic N) is 3. The van der Waals surface area contributed by atoms with Crippen molar-refractivity contribution in [3.8, 4) is 33.4 Å². The van der Waals surface area contributed by atoms with Crippen molar-refractivity contribution in [1.29, 1.82) is 0 Å². The summed E-state index contributed by atoms with van der Waals surface area (Å²) < 4.78 is 0. The minimum atomic E-state index is 0.0534. The molecule has 0 amide bonds. The van der Waals surface area contributed by atoms with Crippen molar-refractivity contribution in [2.45, 2.75) is 32.7 Å².